The molecule has 0 bridgehead atoms. The van der Waals surface area contributed by atoms with E-state index in [2.05, 4.69) is 19.9 Å². The van der Waals surface area contributed by atoms with Crippen molar-refractivity contribution in [1.82, 2.24) is 19.5 Å². The Labute approximate surface area is 245 Å². The largest absolute Gasteiger partial charge is 0.463 e. The summed E-state index contributed by atoms with van der Waals surface area (Å²) in [5.74, 6) is -2.04. The standard InChI is InChI=1S/C28H27N5O9S/c1-16-9-11-20(12-10-16)43(37,38)42-23-21(13-39-17(2)34)41-28(24(23)40-18(3)35)33-15-31-25-22(29-14-30-25)26(33)32-27(36)19-7-5-4-6-8-19/h4-12,14-15,21,23-24,28H,13H2,1-3H3,(H,29,30)/t21-,23+,24-,28-/m1/s1. The van der Waals surface area contributed by atoms with E-state index in [0.29, 0.717) is 5.56 Å². The van der Waals surface area contributed by atoms with Gasteiger partial charge in [-0.3, -0.25) is 23.1 Å². The summed E-state index contributed by atoms with van der Waals surface area (Å²) in [6, 6.07) is 14.2. The molecule has 1 saturated heterocycles. The van der Waals surface area contributed by atoms with Crippen molar-refractivity contribution in [3.63, 3.8) is 0 Å². The summed E-state index contributed by atoms with van der Waals surface area (Å²) < 4.78 is 50.5. The number of esters is 2. The number of carbonyl (C=O) groups excluding carboxylic acids is 3. The number of hydrogen-bond acceptors (Lipinski definition) is 11. The highest BCUT2D eigenvalue weighted by atomic mass is 32.2. The monoisotopic (exact) mass is 609 g/mol. The second-order valence-corrected chi connectivity index (χ2v) is 11.2. The number of H-pyrrole nitrogens is 1. The molecule has 4 aromatic rings. The van der Waals surface area contributed by atoms with E-state index in [1.807, 2.05) is 0 Å². The van der Waals surface area contributed by atoms with Gasteiger partial charge in [0.2, 0.25) is 0 Å². The third kappa shape index (κ3) is 6.53. The van der Waals surface area contributed by atoms with Crippen molar-refractivity contribution >= 4 is 39.1 Å². The molecule has 1 N–H and O–H groups in total. The minimum atomic E-state index is -4.43. The lowest BCUT2D eigenvalue weighted by Gasteiger charge is -2.24. The summed E-state index contributed by atoms with van der Waals surface area (Å²) in [4.78, 5) is 52.6. The van der Waals surface area contributed by atoms with Crippen LogP contribution in [0.2, 0.25) is 0 Å². The van der Waals surface area contributed by atoms with Crippen LogP contribution in [0.15, 0.2) is 77.1 Å². The van der Waals surface area contributed by atoms with E-state index in [0.717, 1.165) is 12.5 Å². The van der Waals surface area contributed by atoms with Crippen LogP contribution in [0.3, 0.4) is 0 Å². The van der Waals surface area contributed by atoms with Gasteiger partial charge in [0.25, 0.3) is 16.0 Å². The molecule has 1 aliphatic rings. The molecule has 0 aliphatic carbocycles. The van der Waals surface area contributed by atoms with Crippen LogP contribution in [-0.2, 0) is 38.1 Å². The predicted octanol–water partition coefficient (Wildman–Crippen LogP) is 1.98. The molecule has 14 nitrogen and oxygen atoms in total. The van der Waals surface area contributed by atoms with Crippen LogP contribution < -0.4 is 5.49 Å². The van der Waals surface area contributed by atoms with E-state index in [1.54, 1.807) is 49.4 Å². The van der Waals surface area contributed by atoms with Gasteiger partial charge in [0, 0.05) is 19.4 Å². The summed E-state index contributed by atoms with van der Waals surface area (Å²) in [6.45, 7) is 3.66. The number of ether oxygens (including phenoxy) is 3. The van der Waals surface area contributed by atoms with Gasteiger partial charge in [-0.05, 0) is 31.2 Å². The van der Waals surface area contributed by atoms with E-state index in [9.17, 15) is 22.8 Å². The van der Waals surface area contributed by atoms with Gasteiger partial charge < -0.3 is 19.2 Å². The van der Waals surface area contributed by atoms with E-state index in [4.69, 9.17) is 18.4 Å². The normalized spacial score (nSPS) is 20.7. The van der Waals surface area contributed by atoms with Gasteiger partial charge in [-0.2, -0.15) is 13.4 Å². The third-order valence-corrected chi connectivity index (χ3v) is 7.81. The number of benzene rings is 2. The van der Waals surface area contributed by atoms with Crippen molar-refractivity contribution in [2.75, 3.05) is 6.61 Å². The first-order valence-electron chi connectivity index (χ1n) is 13.0. The first-order chi connectivity index (χ1) is 20.5. The molecule has 1 aliphatic heterocycles. The van der Waals surface area contributed by atoms with Gasteiger partial charge in [0.1, 0.15) is 30.7 Å². The molecule has 1 fully saturated rings. The zero-order chi connectivity index (χ0) is 30.7. The van der Waals surface area contributed by atoms with Crippen molar-refractivity contribution in [2.45, 2.75) is 50.2 Å². The molecule has 2 aromatic carbocycles. The Morgan fingerprint density at radius 1 is 1.00 bits per heavy atom. The smallest absolute Gasteiger partial charge is 0.303 e. The van der Waals surface area contributed by atoms with Crippen molar-refractivity contribution in [3.05, 3.63) is 83.9 Å². The van der Waals surface area contributed by atoms with Gasteiger partial charge in [-0.15, -0.1) is 0 Å². The molecule has 224 valence electrons. The Balaban J connectivity index is 1.63. The first-order valence-corrected chi connectivity index (χ1v) is 14.4. The maximum Gasteiger partial charge on any atom is 0.303 e. The Morgan fingerprint density at radius 2 is 1.72 bits per heavy atom. The van der Waals surface area contributed by atoms with Crippen LogP contribution in [0.5, 0.6) is 0 Å². The molecule has 0 saturated carbocycles. The van der Waals surface area contributed by atoms with E-state index in [1.165, 1.54) is 36.3 Å². The lowest BCUT2D eigenvalue weighted by atomic mass is 10.1. The van der Waals surface area contributed by atoms with E-state index in [-0.39, 0.29) is 21.5 Å². The zero-order valence-electron chi connectivity index (χ0n) is 23.2. The summed E-state index contributed by atoms with van der Waals surface area (Å²) in [7, 11) is -4.43. The molecule has 0 unspecified atom stereocenters. The van der Waals surface area contributed by atoms with Gasteiger partial charge in [-0.25, -0.2) is 9.97 Å². The van der Waals surface area contributed by atoms with E-state index >= 15 is 0 Å². The number of carbonyl (C=O) groups is 3. The molecular weight excluding hydrogens is 582 g/mol. The number of fused-ring (bicyclic) bond motifs is 1. The van der Waals surface area contributed by atoms with E-state index < -0.39 is 59.1 Å². The topological polar surface area (TPSA) is 181 Å². The minimum absolute atomic E-state index is 0.00628. The average molecular weight is 610 g/mol. The lowest BCUT2D eigenvalue weighted by molar-refractivity contribution is -0.155. The summed E-state index contributed by atoms with van der Waals surface area (Å²) in [5, 5.41) is 0. The number of hydrogen-bond donors (Lipinski definition) is 1. The maximum absolute atomic E-state index is 13.3. The van der Waals surface area contributed by atoms with Crippen molar-refractivity contribution < 1.29 is 41.2 Å². The number of nitrogens with zero attached hydrogens (tertiary/aromatic N) is 4. The second-order valence-electron chi connectivity index (χ2n) is 9.63. The van der Waals surface area contributed by atoms with Crippen LogP contribution in [0.25, 0.3) is 11.2 Å². The highest BCUT2D eigenvalue weighted by molar-refractivity contribution is 7.86. The lowest BCUT2D eigenvalue weighted by Crippen LogP contribution is -2.42. The molecule has 15 heteroatoms. The predicted molar refractivity (Wildman–Crippen MR) is 148 cm³/mol. The molecule has 4 atom stereocenters. The van der Waals surface area contributed by atoms with Crippen LogP contribution in [0.4, 0.5) is 0 Å². The Bertz CT molecular complexity index is 1840. The highest BCUT2D eigenvalue weighted by Crippen LogP contribution is 2.35. The number of nitrogens with one attached hydrogen (secondary N) is 1. The minimum Gasteiger partial charge on any atom is -0.463 e. The van der Waals surface area contributed by atoms with Gasteiger partial charge >= 0.3 is 11.9 Å². The van der Waals surface area contributed by atoms with Crippen molar-refractivity contribution in [1.29, 1.82) is 0 Å². The van der Waals surface area contributed by atoms with Gasteiger partial charge in [-0.1, -0.05) is 35.9 Å². The molecule has 3 heterocycles. The summed E-state index contributed by atoms with van der Waals surface area (Å²) >= 11 is 0. The molecule has 2 aromatic heterocycles. The molecular formula is C28H27N5O9S. The van der Waals surface area contributed by atoms with Crippen LogP contribution in [-0.4, -0.2) is 70.7 Å². The Hall–Kier alpha value is -4.73. The Kier molecular flexibility index (Phi) is 8.47. The number of aromatic nitrogens is 4. The summed E-state index contributed by atoms with van der Waals surface area (Å²) in [6.07, 6.45) is -2.85. The quantitative estimate of drug-likeness (QED) is 0.228. The second kappa shape index (κ2) is 12.2. The Morgan fingerprint density at radius 3 is 2.40 bits per heavy atom. The SMILES string of the molecule is CC(=O)OC[C@H]1O[C@@H](n2cnc3nc[nH]c3c2=NC(=O)c2ccccc2)[C@H](OC(C)=O)[C@H]1OS(=O)(=O)c1ccc(C)cc1. The molecule has 43 heavy (non-hydrogen) atoms. The number of aryl methyl sites for hydroxylation is 1. The van der Waals surface area contributed by atoms with Crippen LogP contribution >= 0.6 is 0 Å². The maximum atomic E-state index is 13.3. The van der Waals surface area contributed by atoms with Crippen LogP contribution in [0.1, 0.15) is 36.0 Å². The fraction of sp³-hybridized carbons (Fsp3) is 0.286. The molecule has 1 amide bonds. The molecule has 5 rings (SSSR count). The molecule has 0 radical (unpaired) electrons. The first kappa shape index (κ1) is 29.8. The van der Waals surface area contributed by atoms with Gasteiger partial charge in [0.15, 0.2) is 23.5 Å². The number of imidazole rings is 1. The number of aromatic amines is 1. The zero-order valence-corrected chi connectivity index (χ0v) is 24.1. The highest BCUT2D eigenvalue weighted by Gasteiger charge is 2.51. The number of rotatable bonds is 8. The molecule has 0 spiro atoms. The average Bonchev–Trinajstić information content (AvgIpc) is 3.57. The van der Waals surface area contributed by atoms with Crippen LogP contribution in [0, 0.1) is 6.92 Å². The van der Waals surface area contributed by atoms with Gasteiger partial charge in [0.05, 0.1) is 11.2 Å². The third-order valence-electron chi connectivity index (χ3n) is 6.48. The van der Waals surface area contributed by atoms with Crippen molar-refractivity contribution in [2.24, 2.45) is 4.99 Å². The summed E-state index contributed by atoms with van der Waals surface area (Å²) in [5.41, 5.74) is 1.61. The number of amides is 1. The van der Waals surface area contributed by atoms with Crippen molar-refractivity contribution in [3.8, 4) is 0 Å². The fourth-order valence-corrected chi connectivity index (χ4v) is 5.60. The fourth-order valence-electron chi connectivity index (χ4n) is 4.50.